The summed E-state index contributed by atoms with van der Waals surface area (Å²) in [5, 5.41) is 0. The first-order valence-electron chi connectivity index (χ1n) is 8.60. The highest BCUT2D eigenvalue weighted by Gasteiger charge is 2.40. The van der Waals surface area contributed by atoms with Crippen molar-refractivity contribution in [2.24, 2.45) is 0 Å². The fourth-order valence-electron chi connectivity index (χ4n) is 3.39. The van der Waals surface area contributed by atoms with E-state index in [4.69, 9.17) is 14.2 Å². The van der Waals surface area contributed by atoms with Crippen LogP contribution in [-0.4, -0.2) is 54.0 Å². The zero-order valence-electron chi connectivity index (χ0n) is 15.5. The average Bonchev–Trinajstić information content (AvgIpc) is 2.51. The third-order valence-electron chi connectivity index (χ3n) is 4.42. The van der Waals surface area contributed by atoms with E-state index in [1.807, 2.05) is 44.7 Å². The van der Waals surface area contributed by atoms with Crippen LogP contribution in [0.5, 0.6) is 5.88 Å². The molecule has 2 aliphatic heterocycles. The molecule has 1 aromatic rings. The second kappa shape index (κ2) is 6.67. The Labute approximate surface area is 148 Å². The largest absolute Gasteiger partial charge is 0.481 e. The van der Waals surface area contributed by atoms with Crippen molar-refractivity contribution in [1.82, 2.24) is 9.88 Å². The summed E-state index contributed by atoms with van der Waals surface area (Å²) in [5.74, 6) is 0.608. The van der Waals surface area contributed by atoms with Crippen molar-refractivity contribution >= 4 is 11.7 Å². The molecule has 6 heteroatoms. The molecule has 2 aliphatic rings. The maximum atomic E-state index is 12.6. The average molecular weight is 346 g/mol. The molecule has 0 saturated carbocycles. The van der Waals surface area contributed by atoms with Gasteiger partial charge in [-0.25, -0.2) is 9.78 Å². The number of aromatic nitrogens is 1. The van der Waals surface area contributed by atoms with Crippen molar-refractivity contribution in [3.8, 4) is 5.88 Å². The van der Waals surface area contributed by atoms with Crippen molar-refractivity contribution in [2.75, 3.05) is 20.3 Å². The van der Waals surface area contributed by atoms with E-state index in [0.717, 1.165) is 17.7 Å². The minimum Gasteiger partial charge on any atom is -0.481 e. The maximum Gasteiger partial charge on any atom is 0.411 e. The molecule has 1 amide bonds. The lowest BCUT2D eigenvalue weighted by atomic mass is 9.89. The fraction of sp³-hybridized carbons (Fsp3) is 0.579. The van der Waals surface area contributed by atoms with Crippen molar-refractivity contribution in [1.29, 1.82) is 0 Å². The Morgan fingerprint density at radius 2 is 2.08 bits per heavy atom. The van der Waals surface area contributed by atoms with Crippen LogP contribution in [0.1, 0.15) is 38.4 Å². The Kier molecular flexibility index (Phi) is 4.73. The number of hydrogen-bond donors (Lipinski definition) is 0. The molecule has 6 nitrogen and oxygen atoms in total. The van der Waals surface area contributed by atoms with Gasteiger partial charge in [-0.15, -0.1) is 0 Å². The van der Waals surface area contributed by atoms with Gasteiger partial charge in [0.2, 0.25) is 5.88 Å². The lowest BCUT2D eigenvalue weighted by Crippen LogP contribution is -2.57. The second-order valence-corrected chi connectivity index (χ2v) is 7.53. The maximum absolute atomic E-state index is 12.6. The van der Waals surface area contributed by atoms with Crippen molar-refractivity contribution < 1.29 is 19.0 Å². The van der Waals surface area contributed by atoms with Crippen molar-refractivity contribution in [3.05, 3.63) is 29.5 Å². The number of amides is 1. The Morgan fingerprint density at radius 3 is 2.68 bits per heavy atom. The first kappa shape index (κ1) is 17.7. The van der Waals surface area contributed by atoms with Crippen LogP contribution in [-0.2, 0) is 9.47 Å². The van der Waals surface area contributed by atoms with Crippen molar-refractivity contribution in [2.45, 2.75) is 51.8 Å². The Bertz CT molecular complexity index is 693. The standard InChI is InChI=1S/C19H26N2O4/c1-12-16(6-7-17(20-12)23-5)13-8-14-10-24-11-15(9-13)21(14)18(22)25-19(2,3)4/h6-8,14-15H,9-11H2,1-5H3. The van der Waals surface area contributed by atoms with Gasteiger partial charge in [0.15, 0.2) is 0 Å². The van der Waals surface area contributed by atoms with Gasteiger partial charge in [-0.1, -0.05) is 6.08 Å². The first-order valence-corrected chi connectivity index (χ1v) is 8.60. The minimum absolute atomic E-state index is 0.0184. The van der Waals surface area contributed by atoms with E-state index in [1.165, 1.54) is 5.57 Å². The van der Waals surface area contributed by atoms with Crippen LogP contribution in [0.25, 0.3) is 5.57 Å². The highest BCUT2D eigenvalue weighted by molar-refractivity contribution is 5.75. The number of ether oxygens (including phenoxy) is 3. The summed E-state index contributed by atoms with van der Waals surface area (Å²) in [4.78, 5) is 18.9. The second-order valence-electron chi connectivity index (χ2n) is 7.53. The molecule has 0 N–H and O–H groups in total. The number of morpholine rings is 1. The molecule has 0 aliphatic carbocycles. The molecule has 136 valence electrons. The molecular weight excluding hydrogens is 320 g/mol. The van der Waals surface area contributed by atoms with Crippen LogP contribution in [0.4, 0.5) is 4.79 Å². The topological polar surface area (TPSA) is 60.9 Å². The van der Waals surface area contributed by atoms with E-state index >= 15 is 0 Å². The van der Waals surface area contributed by atoms with Crippen molar-refractivity contribution in [3.63, 3.8) is 0 Å². The molecule has 2 atom stereocenters. The number of hydrogen-bond acceptors (Lipinski definition) is 5. The van der Waals surface area contributed by atoms with Gasteiger partial charge >= 0.3 is 6.09 Å². The van der Waals surface area contributed by atoms with Crippen LogP contribution in [0, 0.1) is 6.92 Å². The van der Waals surface area contributed by atoms with Crippen LogP contribution in [0.3, 0.4) is 0 Å². The van der Waals surface area contributed by atoms with Gasteiger partial charge in [0.05, 0.1) is 32.4 Å². The van der Waals surface area contributed by atoms with Gasteiger partial charge in [-0.3, -0.25) is 4.90 Å². The van der Waals surface area contributed by atoms with Gasteiger partial charge in [0.1, 0.15) is 5.60 Å². The molecule has 1 fully saturated rings. The molecule has 25 heavy (non-hydrogen) atoms. The van der Waals surface area contributed by atoms with E-state index in [-0.39, 0.29) is 18.2 Å². The molecule has 0 aromatic carbocycles. The fourth-order valence-corrected chi connectivity index (χ4v) is 3.39. The smallest absolute Gasteiger partial charge is 0.411 e. The van der Waals surface area contributed by atoms with E-state index in [9.17, 15) is 4.79 Å². The van der Waals surface area contributed by atoms with E-state index in [2.05, 4.69) is 11.1 Å². The summed E-state index contributed by atoms with van der Waals surface area (Å²) >= 11 is 0. The third kappa shape index (κ3) is 3.79. The Hall–Kier alpha value is -2.08. The number of nitrogens with zero attached hydrogens (tertiary/aromatic N) is 2. The first-order chi connectivity index (χ1) is 11.8. The summed E-state index contributed by atoms with van der Waals surface area (Å²) in [6, 6.07) is 3.77. The number of fused-ring (bicyclic) bond motifs is 2. The molecule has 3 heterocycles. The molecule has 2 bridgehead atoms. The number of aryl methyl sites for hydroxylation is 1. The van der Waals surface area contributed by atoms with Crippen LogP contribution in [0.15, 0.2) is 18.2 Å². The van der Waals surface area contributed by atoms with Gasteiger partial charge in [0.25, 0.3) is 0 Å². The summed E-state index contributed by atoms with van der Waals surface area (Å²) in [7, 11) is 1.61. The molecule has 1 saturated heterocycles. The van der Waals surface area contributed by atoms with Crippen LogP contribution < -0.4 is 4.74 Å². The summed E-state index contributed by atoms with van der Waals surface area (Å²) in [6.45, 7) is 8.64. The Balaban J connectivity index is 1.87. The van der Waals surface area contributed by atoms with Crippen LogP contribution >= 0.6 is 0 Å². The number of rotatable bonds is 2. The molecule has 3 rings (SSSR count). The molecule has 1 aromatic heterocycles. The molecule has 0 spiro atoms. The molecule has 0 radical (unpaired) electrons. The summed E-state index contributed by atoms with van der Waals surface area (Å²) in [6.07, 6.45) is 2.56. The van der Waals surface area contributed by atoms with Gasteiger partial charge in [-0.2, -0.15) is 0 Å². The number of pyridine rings is 1. The highest BCUT2D eigenvalue weighted by atomic mass is 16.6. The SMILES string of the molecule is COc1ccc(C2=CC3COCC(C2)N3C(=O)OC(C)(C)C)c(C)n1. The lowest BCUT2D eigenvalue weighted by Gasteiger charge is -2.44. The summed E-state index contributed by atoms with van der Waals surface area (Å²) < 4.78 is 16.4. The van der Waals surface area contributed by atoms with Gasteiger partial charge < -0.3 is 14.2 Å². The lowest BCUT2D eigenvalue weighted by molar-refractivity contribution is -0.0510. The number of methoxy groups -OCH3 is 1. The van der Waals surface area contributed by atoms with Crippen LogP contribution in [0.2, 0.25) is 0 Å². The predicted octanol–water partition coefficient (Wildman–Crippen LogP) is 3.19. The number of carbonyl (C=O) groups is 1. The van der Waals surface area contributed by atoms with Gasteiger partial charge in [-0.05, 0) is 51.3 Å². The molecular formula is C19H26N2O4. The van der Waals surface area contributed by atoms with Gasteiger partial charge in [0, 0.05) is 11.8 Å². The highest BCUT2D eigenvalue weighted by Crippen LogP contribution is 2.34. The van der Waals surface area contributed by atoms with E-state index in [1.54, 1.807) is 7.11 Å². The zero-order valence-corrected chi connectivity index (χ0v) is 15.5. The third-order valence-corrected chi connectivity index (χ3v) is 4.42. The molecule has 2 unspecified atom stereocenters. The van der Waals surface area contributed by atoms with E-state index < -0.39 is 5.60 Å². The quantitative estimate of drug-likeness (QED) is 0.823. The van der Waals surface area contributed by atoms with E-state index in [0.29, 0.717) is 19.1 Å². The minimum atomic E-state index is -0.507. The summed E-state index contributed by atoms with van der Waals surface area (Å²) in [5.41, 5.74) is 2.72. The normalized spacial score (nSPS) is 23.1. The number of carbonyl (C=O) groups excluding carboxylic acids is 1. The predicted molar refractivity (Wildman–Crippen MR) is 94.6 cm³/mol. The Morgan fingerprint density at radius 1 is 1.32 bits per heavy atom. The monoisotopic (exact) mass is 346 g/mol. The zero-order chi connectivity index (χ0) is 18.2.